The van der Waals surface area contributed by atoms with Gasteiger partial charge in [-0.05, 0) is 116 Å². The van der Waals surface area contributed by atoms with E-state index < -0.39 is 46.8 Å². The van der Waals surface area contributed by atoms with Gasteiger partial charge >= 0.3 is 29.8 Å². The predicted molar refractivity (Wildman–Crippen MR) is 185 cm³/mol. The van der Waals surface area contributed by atoms with Crippen molar-refractivity contribution in [3.8, 4) is 0 Å². The van der Waals surface area contributed by atoms with E-state index in [-0.39, 0.29) is 84.5 Å². The summed E-state index contributed by atoms with van der Waals surface area (Å²) < 4.78 is 12.0. The van der Waals surface area contributed by atoms with Crippen molar-refractivity contribution in [3.63, 3.8) is 0 Å². The Balaban J connectivity index is 1.46. The highest BCUT2D eigenvalue weighted by Crippen LogP contribution is 2.76. The van der Waals surface area contributed by atoms with Gasteiger partial charge in [-0.3, -0.25) is 24.0 Å². The van der Waals surface area contributed by atoms with Gasteiger partial charge in [-0.15, -0.1) is 0 Å². The van der Waals surface area contributed by atoms with Crippen LogP contribution in [-0.2, 0) is 33.4 Å². The van der Waals surface area contributed by atoms with E-state index in [1.165, 1.54) is 5.57 Å². The minimum absolute atomic E-state index is 0.00177. The number of carbonyl (C=O) groups excluding carboxylic acids is 2. The number of hydrogen-bond acceptors (Lipinski definition) is 7. The number of carboxylic acids is 3. The van der Waals surface area contributed by atoms with Crippen LogP contribution in [0.2, 0.25) is 0 Å². The first kappa shape index (κ1) is 38.3. The summed E-state index contributed by atoms with van der Waals surface area (Å²) >= 11 is 0. The number of fused-ring (bicyclic) bond motifs is 7. The van der Waals surface area contributed by atoms with Gasteiger partial charge in [-0.1, -0.05) is 53.2 Å². The van der Waals surface area contributed by atoms with Crippen molar-refractivity contribution in [2.45, 2.75) is 150 Å². The minimum atomic E-state index is -0.967. The summed E-state index contributed by atoms with van der Waals surface area (Å²) in [7, 11) is 0. The number of esters is 2. The third kappa shape index (κ3) is 6.50. The maximum atomic E-state index is 13.0. The Bertz CT molecular complexity index is 1420. The van der Waals surface area contributed by atoms with Crippen molar-refractivity contribution in [2.75, 3.05) is 6.61 Å². The second-order valence-electron chi connectivity index (χ2n) is 18.4. The molecule has 0 aliphatic heterocycles. The molecule has 0 spiro atoms. The molecule has 1 unspecified atom stereocenters. The third-order valence-electron chi connectivity index (χ3n) is 15.2. The van der Waals surface area contributed by atoms with E-state index in [0.29, 0.717) is 12.8 Å². The zero-order chi connectivity index (χ0) is 36.9. The SMILES string of the molecule is CC1(C)CC[C@]2(C(=O)O)CC[C@]3(C)C(=CC[C@@H]4[C@@]5(C)CC[C@H](OC(=O)CCCC(=O)O)C(C)(COC(=O)CCCC(=O)O)[C@@H]5CC[C@]43C)[C@@H]2C1. The fourth-order valence-electron chi connectivity index (χ4n) is 12.1. The molecule has 0 radical (unpaired) electrons. The van der Waals surface area contributed by atoms with Crippen LogP contribution in [0.25, 0.3) is 0 Å². The van der Waals surface area contributed by atoms with Crippen LogP contribution in [0.1, 0.15) is 144 Å². The van der Waals surface area contributed by atoms with E-state index in [9.17, 15) is 29.1 Å². The molecular formula is C40H60O10. The maximum absolute atomic E-state index is 13.0. The summed E-state index contributed by atoms with van der Waals surface area (Å²) in [4.78, 5) is 61.0. The smallest absolute Gasteiger partial charge is 0.310 e. The first-order valence-corrected chi connectivity index (χ1v) is 19.0. The Hall–Kier alpha value is -2.91. The lowest BCUT2D eigenvalue weighted by Crippen LogP contribution is -2.66. The summed E-state index contributed by atoms with van der Waals surface area (Å²) in [6.07, 6.45) is 10.1. The lowest BCUT2D eigenvalue weighted by molar-refractivity contribution is -0.227. The van der Waals surface area contributed by atoms with E-state index in [1.54, 1.807) is 0 Å². The normalized spacial score (nSPS) is 40.1. The summed E-state index contributed by atoms with van der Waals surface area (Å²) in [6, 6.07) is 0. The lowest BCUT2D eigenvalue weighted by atomic mass is 9.33. The van der Waals surface area contributed by atoms with E-state index in [0.717, 1.165) is 51.4 Å². The number of allylic oxidation sites excluding steroid dienone is 2. The summed E-state index contributed by atoms with van der Waals surface area (Å²) in [5.74, 6) is -3.13. The number of carbonyl (C=O) groups is 5. The van der Waals surface area contributed by atoms with Crippen LogP contribution in [-0.4, -0.2) is 57.9 Å². The van der Waals surface area contributed by atoms with Gasteiger partial charge in [0.1, 0.15) is 12.7 Å². The van der Waals surface area contributed by atoms with E-state index in [4.69, 9.17) is 19.7 Å². The zero-order valence-electron chi connectivity index (χ0n) is 31.1. The summed E-state index contributed by atoms with van der Waals surface area (Å²) in [5.41, 5.74) is -0.373. The Morgan fingerprint density at radius 2 is 1.36 bits per heavy atom. The minimum Gasteiger partial charge on any atom is -0.481 e. The molecule has 0 bridgehead atoms. The molecule has 10 nitrogen and oxygen atoms in total. The predicted octanol–water partition coefficient (Wildman–Crippen LogP) is 7.82. The van der Waals surface area contributed by atoms with Crippen molar-refractivity contribution >= 4 is 29.8 Å². The van der Waals surface area contributed by atoms with Crippen molar-refractivity contribution in [1.29, 1.82) is 0 Å². The lowest BCUT2D eigenvalue weighted by Gasteiger charge is -2.71. The molecule has 4 saturated carbocycles. The standard InChI is InChI=1S/C40H60O10/c1-35(2)19-21-40(34(47)48)22-20-38(5)25(26(40)23-35)13-14-28-36(3)17-16-29(50-33(46)12-8-10-31(43)44)37(4,27(36)15-18-39(28,38)6)24-49-32(45)11-7-9-30(41)42/h13,26-29H,7-12,14-24H2,1-6H3,(H,41,42)(H,43,44)(H,47,48)/t26-,27+,28+,29-,36-,37?,38+,39+,40-/m0/s1. The molecule has 0 aromatic heterocycles. The number of ether oxygens (including phenoxy) is 2. The first-order chi connectivity index (χ1) is 23.2. The highest BCUT2D eigenvalue weighted by atomic mass is 16.6. The molecular weight excluding hydrogens is 640 g/mol. The van der Waals surface area contributed by atoms with Crippen molar-refractivity contribution in [3.05, 3.63) is 11.6 Å². The molecule has 50 heavy (non-hydrogen) atoms. The van der Waals surface area contributed by atoms with Crippen LogP contribution in [0.4, 0.5) is 0 Å². The Labute approximate surface area is 297 Å². The van der Waals surface area contributed by atoms with Crippen LogP contribution < -0.4 is 0 Å². The average Bonchev–Trinajstić information content (AvgIpc) is 3.01. The Morgan fingerprint density at radius 3 is 1.98 bits per heavy atom. The summed E-state index contributed by atoms with van der Waals surface area (Å²) in [5, 5.41) is 28.8. The quantitative estimate of drug-likeness (QED) is 0.135. The van der Waals surface area contributed by atoms with Crippen LogP contribution in [0, 0.1) is 50.2 Å². The molecule has 0 aromatic carbocycles. The number of aliphatic carboxylic acids is 3. The van der Waals surface area contributed by atoms with Crippen LogP contribution in [0.5, 0.6) is 0 Å². The highest BCUT2D eigenvalue weighted by molar-refractivity contribution is 5.77. The molecule has 4 fully saturated rings. The average molecular weight is 701 g/mol. The molecule has 280 valence electrons. The van der Waals surface area contributed by atoms with Gasteiger partial charge < -0.3 is 24.8 Å². The van der Waals surface area contributed by atoms with Crippen LogP contribution in [0.15, 0.2) is 11.6 Å². The summed E-state index contributed by atoms with van der Waals surface area (Å²) in [6.45, 7) is 13.9. The molecule has 0 saturated heterocycles. The van der Waals surface area contributed by atoms with E-state index >= 15 is 0 Å². The third-order valence-corrected chi connectivity index (χ3v) is 15.2. The maximum Gasteiger partial charge on any atom is 0.310 e. The van der Waals surface area contributed by atoms with Crippen molar-refractivity contribution < 1.29 is 48.8 Å². The van der Waals surface area contributed by atoms with Gasteiger partial charge in [0.15, 0.2) is 0 Å². The first-order valence-electron chi connectivity index (χ1n) is 19.0. The fraction of sp³-hybridized carbons (Fsp3) is 0.825. The van der Waals surface area contributed by atoms with Gasteiger partial charge in [-0.25, -0.2) is 0 Å². The number of hydrogen-bond donors (Lipinski definition) is 3. The molecule has 5 aliphatic carbocycles. The molecule has 9 atom stereocenters. The van der Waals surface area contributed by atoms with Crippen molar-refractivity contribution in [2.24, 2.45) is 50.2 Å². The van der Waals surface area contributed by atoms with Gasteiger partial charge in [0, 0.05) is 31.1 Å². The van der Waals surface area contributed by atoms with E-state index in [1.807, 2.05) is 0 Å². The monoisotopic (exact) mass is 700 g/mol. The zero-order valence-corrected chi connectivity index (χ0v) is 31.1. The van der Waals surface area contributed by atoms with Crippen LogP contribution >= 0.6 is 0 Å². The second kappa shape index (κ2) is 13.6. The molecule has 0 aromatic rings. The Kier molecular flexibility index (Phi) is 10.4. The van der Waals surface area contributed by atoms with Crippen LogP contribution in [0.3, 0.4) is 0 Å². The highest BCUT2D eigenvalue weighted by Gasteiger charge is 2.70. The molecule has 0 heterocycles. The van der Waals surface area contributed by atoms with Gasteiger partial charge in [0.2, 0.25) is 0 Å². The fourth-order valence-corrected chi connectivity index (χ4v) is 12.1. The molecule has 0 amide bonds. The van der Waals surface area contributed by atoms with Gasteiger partial charge in [0.25, 0.3) is 0 Å². The number of carboxylic acid groups (broad SMARTS) is 3. The molecule has 5 rings (SSSR count). The van der Waals surface area contributed by atoms with Crippen molar-refractivity contribution in [1.82, 2.24) is 0 Å². The largest absolute Gasteiger partial charge is 0.481 e. The molecule has 10 heteroatoms. The van der Waals surface area contributed by atoms with E-state index in [2.05, 4.69) is 47.6 Å². The number of rotatable bonds is 12. The topological polar surface area (TPSA) is 164 Å². The molecule has 5 aliphatic rings. The van der Waals surface area contributed by atoms with Gasteiger partial charge in [-0.2, -0.15) is 0 Å². The Morgan fingerprint density at radius 1 is 0.740 bits per heavy atom. The molecule has 3 N–H and O–H groups in total. The van der Waals surface area contributed by atoms with Gasteiger partial charge in [0.05, 0.1) is 5.41 Å². The second-order valence-corrected chi connectivity index (χ2v) is 18.4.